The van der Waals surface area contributed by atoms with E-state index in [9.17, 15) is 9.59 Å². The number of carboxylic acids is 1. The van der Waals surface area contributed by atoms with Crippen LogP contribution in [0.4, 0.5) is 0 Å². The molecule has 1 rings (SSSR count). The second-order valence-electron chi connectivity index (χ2n) is 3.71. The maximum absolute atomic E-state index is 11.4. The zero-order valence-electron chi connectivity index (χ0n) is 10.9. The number of carbonyl (C=O) groups is 2. The van der Waals surface area contributed by atoms with Crippen LogP contribution in [-0.2, 0) is 4.79 Å². The molecule has 0 fully saturated rings. The maximum atomic E-state index is 11.4. The van der Waals surface area contributed by atoms with Gasteiger partial charge in [-0.2, -0.15) is 5.26 Å². The zero-order chi connectivity index (χ0) is 15.0. The third-order valence-electron chi connectivity index (χ3n) is 2.34. The number of rotatable bonds is 7. The van der Waals surface area contributed by atoms with E-state index in [1.54, 1.807) is 0 Å². The first kappa shape index (κ1) is 15.3. The lowest BCUT2D eigenvalue weighted by Crippen LogP contribution is -2.29. The van der Waals surface area contributed by atoms with Crippen LogP contribution in [0.5, 0.6) is 11.5 Å². The fraction of sp³-hybridized carbons (Fsp3) is 0.308. The van der Waals surface area contributed by atoms with Crippen molar-refractivity contribution < 1.29 is 24.2 Å². The minimum atomic E-state index is -1.16. The van der Waals surface area contributed by atoms with E-state index in [2.05, 4.69) is 5.32 Å². The summed E-state index contributed by atoms with van der Waals surface area (Å²) in [5.41, 5.74) is -0.0596. The minimum absolute atomic E-state index is 0.0484. The van der Waals surface area contributed by atoms with Gasteiger partial charge in [-0.05, 0) is 12.1 Å². The van der Waals surface area contributed by atoms with Gasteiger partial charge in [-0.1, -0.05) is 0 Å². The monoisotopic (exact) mass is 278 g/mol. The van der Waals surface area contributed by atoms with Gasteiger partial charge < -0.3 is 19.9 Å². The van der Waals surface area contributed by atoms with Crippen LogP contribution < -0.4 is 14.8 Å². The molecule has 0 aromatic heterocycles. The van der Waals surface area contributed by atoms with Crippen LogP contribution >= 0.6 is 0 Å². The molecule has 0 unspecified atom stereocenters. The van der Waals surface area contributed by atoms with E-state index in [1.165, 1.54) is 25.3 Å². The van der Waals surface area contributed by atoms with Gasteiger partial charge in [0.15, 0.2) is 6.61 Å². The molecule has 0 aliphatic carbocycles. The number of amides is 1. The summed E-state index contributed by atoms with van der Waals surface area (Å²) in [6, 6.07) is 6.11. The molecule has 0 atom stereocenters. The van der Waals surface area contributed by atoms with Crippen LogP contribution in [0.25, 0.3) is 0 Å². The predicted octanol–water partition coefficient (Wildman–Crippen LogP) is 0.802. The normalized spacial score (nSPS) is 9.40. The van der Waals surface area contributed by atoms with Gasteiger partial charge >= 0.3 is 5.97 Å². The summed E-state index contributed by atoms with van der Waals surface area (Å²) in [5.74, 6) is -1.12. The van der Waals surface area contributed by atoms with Gasteiger partial charge in [0, 0.05) is 12.6 Å². The molecular formula is C13H14N2O5. The Hall–Kier alpha value is -2.75. The molecule has 0 saturated carbocycles. The topological polar surface area (TPSA) is 109 Å². The molecule has 7 nitrogen and oxygen atoms in total. The molecule has 0 radical (unpaired) electrons. The number of ether oxygens (including phenoxy) is 2. The van der Waals surface area contributed by atoms with Gasteiger partial charge in [0.2, 0.25) is 0 Å². The molecule has 0 heterocycles. The molecule has 0 bridgehead atoms. The second kappa shape index (κ2) is 7.63. The Balaban J connectivity index is 2.68. The smallest absolute Gasteiger partial charge is 0.339 e. The summed E-state index contributed by atoms with van der Waals surface area (Å²) < 4.78 is 10.1. The number of carbonyl (C=O) groups excluding carboxylic acids is 1. The Morgan fingerprint density at radius 2 is 2.20 bits per heavy atom. The van der Waals surface area contributed by atoms with Crippen LogP contribution in [0.2, 0.25) is 0 Å². The van der Waals surface area contributed by atoms with Gasteiger partial charge in [0.25, 0.3) is 5.91 Å². The van der Waals surface area contributed by atoms with Crippen molar-refractivity contribution in [2.24, 2.45) is 0 Å². The van der Waals surface area contributed by atoms with Crippen molar-refractivity contribution in [2.45, 2.75) is 6.42 Å². The van der Waals surface area contributed by atoms with Gasteiger partial charge in [0.05, 0.1) is 19.6 Å². The highest BCUT2D eigenvalue weighted by molar-refractivity contribution is 5.91. The standard InChI is InChI=1S/C13H14N2O5/c1-19-9-3-4-10(13(17)18)11(7-9)20-8-12(16)15-6-2-5-14/h3-4,7H,2,6,8H2,1H3,(H,15,16)(H,17,18). The molecule has 20 heavy (non-hydrogen) atoms. The summed E-state index contributed by atoms with van der Waals surface area (Å²) in [6.07, 6.45) is 0.200. The molecule has 7 heteroatoms. The number of benzene rings is 1. The molecule has 0 aliphatic rings. The lowest BCUT2D eigenvalue weighted by molar-refractivity contribution is -0.123. The molecule has 2 N–H and O–H groups in total. The number of aromatic carboxylic acids is 1. The molecule has 1 aromatic carbocycles. The van der Waals surface area contributed by atoms with Crippen molar-refractivity contribution in [3.63, 3.8) is 0 Å². The van der Waals surface area contributed by atoms with E-state index in [0.29, 0.717) is 5.75 Å². The quantitative estimate of drug-likeness (QED) is 0.714. The van der Waals surface area contributed by atoms with Crippen molar-refractivity contribution in [3.8, 4) is 17.6 Å². The van der Waals surface area contributed by atoms with Crippen molar-refractivity contribution in [3.05, 3.63) is 23.8 Å². The van der Waals surface area contributed by atoms with E-state index in [0.717, 1.165) is 0 Å². The largest absolute Gasteiger partial charge is 0.497 e. The van der Waals surface area contributed by atoms with Crippen LogP contribution in [-0.4, -0.2) is 37.2 Å². The highest BCUT2D eigenvalue weighted by Crippen LogP contribution is 2.24. The van der Waals surface area contributed by atoms with Crippen molar-refractivity contribution in [1.29, 1.82) is 5.26 Å². The van der Waals surface area contributed by atoms with Gasteiger partial charge in [-0.3, -0.25) is 4.79 Å². The Labute approximate surface area is 115 Å². The Morgan fingerprint density at radius 1 is 1.45 bits per heavy atom. The first-order chi connectivity index (χ1) is 9.58. The SMILES string of the molecule is COc1ccc(C(=O)O)c(OCC(=O)NCCC#N)c1. The highest BCUT2D eigenvalue weighted by Gasteiger charge is 2.13. The third kappa shape index (κ3) is 4.49. The maximum Gasteiger partial charge on any atom is 0.339 e. The van der Waals surface area contributed by atoms with E-state index >= 15 is 0 Å². The fourth-order valence-electron chi connectivity index (χ4n) is 1.38. The van der Waals surface area contributed by atoms with Crippen molar-refractivity contribution in [2.75, 3.05) is 20.3 Å². The number of methoxy groups -OCH3 is 1. The third-order valence-corrected chi connectivity index (χ3v) is 2.34. The van der Waals surface area contributed by atoms with E-state index in [4.69, 9.17) is 19.8 Å². The van der Waals surface area contributed by atoms with Crippen LogP contribution in [0.1, 0.15) is 16.8 Å². The Kier molecular flexibility index (Phi) is 5.84. The molecule has 0 saturated heterocycles. The van der Waals surface area contributed by atoms with Gasteiger partial charge in [-0.15, -0.1) is 0 Å². The highest BCUT2D eigenvalue weighted by atomic mass is 16.5. The van der Waals surface area contributed by atoms with Crippen LogP contribution in [0.15, 0.2) is 18.2 Å². The summed E-state index contributed by atoms with van der Waals surface area (Å²) in [5, 5.41) is 19.8. The number of nitriles is 1. The molecule has 106 valence electrons. The van der Waals surface area contributed by atoms with Crippen molar-refractivity contribution in [1.82, 2.24) is 5.32 Å². The number of carboxylic acid groups (broad SMARTS) is 1. The molecule has 0 spiro atoms. The number of hydrogen-bond donors (Lipinski definition) is 2. The molecule has 0 aliphatic heterocycles. The number of nitrogens with zero attached hydrogens (tertiary/aromatic N) is 1. The Bertz CT molecular complexity index is 536. The van der Waals surface area contributed by atoms with E-state index < -0.39 is 11.9 Å². The minimum Gasteiger partial charge on any atom is -0.497 e. The molecule has 1 amide bonds. The van der Waals surface area contributed by atoms with Gasteiger partial charge in [-0.25, -0.2) is 4.79 Å². The number of hydrogen-bond acceptors (Lipinski definition) is 5. The first-order valence-corrected chi connectivity index (χ1v) is 5.76. The fourth-order valence-corrected chi connectivity index (χ4v) is 1.38. The average Bonchev–Trinajstić information content (AvgIpc) is 2.44. The lowest BCUT2D eigenvalue weighted by Gasteiger charge is -2.10. The lowest BCUT2D eigenvalue weighted by atomic mass is 10.2. The van der Waals surface area contributed by atoms with E-state index in [-0.39, 0.29) is 30.9 Å². The van der Waals surface area contributed by atoms with Crippen LogP contribution in [0, 0.1) is 11.3 Å². The van der Waals surface area contributed by atoms with Crippen LogP contribution in [0.3, 0.4) is 0 Å². The predicted molar refractivity (Wildman–Crippen MR) is 68.7 cm³/mol. The number of nitrogens with one attached hydrogen (secondary N) is 1. The molecular weight excluding hydrogens is 264 g/mol. The average molecular weight is 278 g/mol. The summed E-state index contributed by atoms with van der Waals surface area (Å²) in [4.78, 5) is 22.4. The second-order valence-corrected chi connectivity index (χ2v) is 3.71. The summed E-state index contributed by atoms with van der Waals surface area (Å²) in [7, 11) is 1.44. The Morgan fingerprint density at radius 3 is 2.80 bits per heavy atom. The van der Waals surface area contributed by atoms with Crippen molar-refractivity contribution >= 4 is 11.9 Å². The molecule has 1 aromatic rings. The van der Waals surface area contributed by atoms with Gasteiger partial charge in [0.1, 0.15) is 17.1 Å². The first-order valence-electron chi connectivity index (χ1n) is 5.76. The zero-order valence-corrected chi connectivity index (χ0v) is 10.9. The summed E-state index contributed by atoms with van der Waals surface area (Å²) in [6.45, 7) is -0.110. The summed E-state index contributed by atoms with van der Waals surface area (Å²) >= 11 is 0. The van der Waals surface area contributed by atoms with E-state index in [1.807, 2.05) is 6.07 Å².